The van der Waals surface area contributed by atoms with Gasteiger partial charge in [0.25, 0.3) is 0 Å². The van der Waals surface area contributed by atoms with Gasteiger partial charge in [-0.05, 0) is 25.0 Å². The number of ether oxygens (including phenoxy) is 1. The molecule has 70 valence electrons. The van der Waals surface area contributed by atoms with Crippen LogP contribution in [0.3, 0.4) is 0 Å². The average Bonchev–Trinajstić information content (AvgIpc) is 2.89. The number of halogens is 1. The second kappa shape index (κ2) is 3.24. The second-order valence-corrected chi connectivity index (χ2v) is 3.27. The highest BCUT2D eigenvalue weighted by atomic mass is 19.1. The third kappa shape index (κ3) is 1.91. The Kier molecular flexibility index (Phi) is 2.08. The summed E-state index contributed by atoms with van der Waals surface area (Å²) in [6, 6.07) is 5.49. The average molecular weight is 181 g/mol. The van der Waals surface area contributed by atoms with Crippen LogP contribution < -0.4 is 10.1 Å². The molecule has 0 unspecified atom stereocenters. The molecule has 0 amide bonds. The molecule has 2 nitrogen and oxygen atoms in total. The van der Waals surface area contributed by atoms with Gasteiger partial charge in [-0.2, -0.15) is 0 Å². The normalized spacial score (nSPS) is 15.5. The standard InChI is InChI=1S/C10H12FNO/c1-13-10-5-4-8(6-9(10)11)12-7-2-3-7/h4-7,12H,2-3H2,1H3. The van der Waals surface area contributed by atoms with Crippen LogP contribution >= 0.6 is 0 Å². The lowest BCUT2D eigenvalue weighted by atomic mass is 10.3. The Hall–Kier alpha value is -1.25. The van der Waals surface area contributed by atoms with Crippen molar-refractivity contribution < 1.29 is 9.13 Å². The van der Waals surface area contributed by atoms with Crippen LogP contribution in [0.4, 0.5) is 10.1 Å². The van der Waals surface area contributed by atoms with E-state index >= 15 is 0 Å². The van der Waals surface area contributed by atoms with Crippen molar-refractivity contribution in [2.45, 2.75) is 18.9 Å². The van der Waals surface area contributed by atoms with Crippen molar-refractivity contribution >= 4 is 5.69 Å². The first kappa shape index (κ1) is 8.35. The predicted molar refractivity (Wildman–Crippen MR) is 49.6 cm³/mol. The van der Waals surface area contributed by atoms with Crippen LogP contribution in [0.25, 0.3) is 0 Å². The fourth-order valence-electron chi connectivity index (χ4n) is 1.22. The molecule has 3 heteroatoms. The predicted octanol–water partition coefficient (Wildman–Crippen LogP) is 2.41. The molecule has 0 radical (unpaired) electrons. The molecular formula is C10H12FNO. The van der Waals surface area contributed by atoms with E-state index in [2.05, 4.69) is 5.32 Å². The van der Waals surface area contributed by atoms with Gasteiger partial charge in [-0.15, -0.1) is 0 Å². The molecule has 1 saturated carbocycles. The van der Waals surface area contributed by atoms with Gasteiger partial charge in [-0.1, -0.05) is 0 Å². The zero-order valence-corrected chi connectivity index (χ0v) is 7.51. The second-order valence-electron chi connectivity index (χ2n) is 3.27. The van der Waals surface area contributed by atoms with E-state index < -0.39 is 0 Å². The molecular weight excluding hydrogens is 169 g/mol. The Labute approximate surface area is 76.7 Å². The molecule has 0 atom stereocenters. The van der Waals surface area contributed by atoms with E-state index in [0.29, 0.717) is 11.8 Å². The van der Waals surface area contributed by atoms with E-state index in [1.807, 2.05) is 6.07 Å². The maximum atomic E-state index is 13.2. The molecule has 0 saturated heterocycles. The highest BCUT2D eigenvalue weighted by molar-refractivity contribution is 5.48. The van der Waals surface area contributed by atoms with Crippen LogP contribution in [0.15, 0.2) is 18.2 Å². The van der Waals surface area contributed by atoms with Crippen molar-refractivity contribution in [1.29, 1.82) is 0 Å². The zero-order valence-electron chi connectivity index (χ0n) is 7.51. The quantitative estimate of drug-likeness (QED) is 0.773. The lowest BCUT2D eigenvalue weighted by Crippen LogP contribution is -2.01. The van der Waals surface area contributed by atoms with Gasteiger partial charge in [-0.3, -0.25) is 0 Å². The van der Waals surface area contributed by atoms with E-state index in [1.165, 1.54) is 26.0 Å². The van der Waals surface area contributed by atoms with Gasteiger partial charge in [0, 0.05) is 17.8 Å². The maximum absolute atomic E-state index is 13.2. The van der Waals surface area contributed by atoms with Crippen LogP contribution in [0.5, 0.6) is 5.75 Å². The summed E-state index contributed by atoms with van der Waals surface area (Å²) in [5.74, 6) is -0.0190. The summed E-state index contributed by atoms with van der Waals surface area (Å²) in [7, 11) is 1.46. The van der Waals surface area contributed by atoms with Crippen molar-refractivity contribution in [1.82, 2.24) is 0 Å². The maximum Gasteiger partial charge on any atom is 0.167 e. The third-order valence-corrected chi connectivity index (χ3v) is 2.10. The van der Waals surface area contributed by atoms with Crippen LogP contribution in [0, 0.1) is 5.82 Å². The van der Waals surface area contributed by atoms with Crippen LogP contribution in [0.1, 0.15) is 12.8 Å². The van der Waals surface area contributed by atoms with Gasteiger partial charge in [0.05, 0.1) is 7.11 Å². The molecule has 1 aromatic carbocycles. The van der Waals surface area contributed by atoms with E-state index in [-0.39, 0.29) is 5.82 Å². The summed E-state index contributed by atoms with van der Waals surface area (Å²) < 4.78 is 18.0. The van der Waals surface area contributed by atoms with Crippen LogP contribution in [-0.4, -0.2) is 13.2 Å². The fourth-order valence-corrected chi connectivity index (χ4v) is 1.22. The molecule has 0 aromatic heterocycles. The summed E-state index contributed by atoms with van der Waals surface area (Å²) in [5, 5.41) is 3.21. The third-order valence-electron chi connectivity index (χ3n) is 2.10. The molecule has 0 heterocycles. The van der Waals surface area contributed by atoms with Crippen molar-refractivity contribution in [3.63, 3.8) is 0 Å². The number of anilines is 1. The number of hydrogen-bond acceptors (Lipinski definition) is 2. The van der Waals surface area contributed by atoms with Gasteiger partial charge in [0.15, 0.2) is 11.6 Å². The van der Waals surface area contributed by atoms with Gasteiger partial charge >= 0.3 is 0 Å². The van der Waals surface area contributed by atoms with E-state index in [9.17, 15) is 4.39 Å². The molecule has 1 aromatic rings. The number of nitrogens with one attached hydrogen (secondary N) is 1. The molecule has 0 bridgehead atoms. The lowest BCUT2D eigenvalue weighted by molar-refractivity contribution is 0.386. The van der Waals surface area contributed by atoms with Crippen molar-refractivity contribution in [2.75, 3.05) is 12.4 Å². The highest BCUT2D eigenvalue weighted by Crippen LogP contribution is 2.27. The summed E-state index contributed by atoms with van der Waals surface area (Å²) in [6.07, 6.45) is 2.38. The summed E-state index contributed by atoms with van der Waals surface area (Å²) >= 11 is 0. The van der Waals surface area contributed by atoms with Gasteiger partial charge < -0.3 is 10.1 Å². The summed E-state index contributed by atoms with van der Waals surface area (Å²) in [6.45, 7) is 0. The Morgan fingerprint density at radius 3 is 2.77 bits per heavy atom. The van der Waals surface area contributed by atoms with Crippen molar-refractivity contribution in [3.8, 4) is 5.75 Å². The Balaban J connectivity index is 2.13. The molecule has 1 N–H and O–H groups in total. The van der Waals surface area contributed by atoms with Gasteiger partial charge in [0.1, 0.15) is 0 Å². The number of rotatable bonds is 3. The first-order chi connectivity index (χ1) is 6.29. The molecule has 13 heavy (non-hydrogen) atoms. The monoisotopic (exact) mass is 181 g/mol. The number of methoxy groups -OCH3 is 1. The molecule has 0 aliphatic heterocycles. The SMILES string of the molecule is COc1ccc(NC2CC2)cc1F. The van der Waals surface area contributed by atoms with Crippen LogP contribution in [-0.2, 0) is 0 Å². The molecule has 1 fully saturated rings. The zero-order chi connectivity index (χ0) is 9.26. The highest BCUT2D eigenvalue weighted by Gasteiger charge is 2.20. The largest absolute Gasteiger partial charge is 0.494 e. The topological polar surface area (TPSA) is 21.3 Å². The minimum Gasteiger partial charge on any atom is -0.494 e. The molecule has 0 spiro atoms. The van der Waals surface area contributed by atoms with E-state index in [0.717, 1.165) is 5.69 Å². The molecule has 2 rings (SSSR count). The smallest absolute Gasteiger partial charge is 0.167 e. The summed E-state index contributed by atoms with van der Waals surface area (Å²) in [4.78, 5) is 0. The molecule has 1 aliphatic rings. The number of hydrogen-bond donors (Lipinski definition) is 1. The Bertz CT molecular complexity index is 310. The van der Waals surface area contributed by atoms with Crippen LogP contribution in [0.2, 0.25) is 0 Å². The minimum absolute atomic E-state index is 0.293. The summed E-state index contributed by atoms with van der Waals surface area (Å²) in [5.41, 5.74) is 0.834. The Morgan fingerprint density at radius 1 is 1.46 bits per heavy atom. The lowest BCUT2D eigenvalue weighted by Gasteiger charge is -2.06. The van der Waals surface area contributed by atoms with E-state index in [4.69, 9.17) is 4.74 Å². The Morgan fingerprint density at radius 2 is 2.23 bits per heavy atom. The minimum atomic E-state index is -0.312. The van der Waals surface area contributed by atoms with Crippen molar-refractivity contribution in [2.24, 2.45) is 0 Å². The number of benzene rings is 1. The first-order valence-electron chi connectivity index (χ1n) is 4.39. The van der Waals surface area contributed by atoms with Gasteiger partial charge in [-0.25, -0.2) is 4.39 Å². The molecule has 1 aliphatic carbocycles. The van der Waals surface area contributed by atoms with Gasteiger partial charge in [0.2, 0.25) is 0 Å². The van der Waals surface area contributed by atoms with E-state index in [1.54, 1.807) is 6.07 Å². The first-order valence-corrected chi connectivity index (χ1v) is 4.39. The van der Waals surface area contributed by atoms with Crippen molar-refractivity contribution in [3.05, 3.63) is 24.0 Å². The fraction of sp³-hybridized carbons (Fsp3) is 0.400.